The lowest BCUT2D eigenvalue weighted by Crippen LogP contribution is -2.61. The van der Waals surface area contributed by atoms with Gasteiger partial charge < -0.3 is 19.5 Å². The molecule has 0 bridgehead atoms. The van der Waals surface area contributed by atoms with E-state index in [0.717, 1.165) is 5.56 Å². The van der Waals surface area contributed by atoms with Crippen molar-refractivity contribution in [2.24, 2.45) is 0 Å². The summed E-state index contributed by atoms with van der Waals surface area (Å²) in [5.74, 6) is -0.684. The Bertz CT molecular complexity index is 1470. The Balaban J connectivity index is 1.39. The third-order valence-corrected chi connectivity index (χ3v) is 7.99. The van der Waals surface area contributed by atoms with E-state index in [0.29, 0.717) is 48.3 Å². The van der Waals surface area contributed by atoms with Crippen LogP contribution in [-0.4, -0.2) is 69.8 Å². The molecule has 198 valence electrons. The van der Waals surface area contributed by atoms with Crippen LogP contribution < -0.4 is 10.3 Å². The average Bonchev–Trinajstić information content (AvgIpc) is 3.30. The topological polar surface area (TPSA) is 108 Å². The molecule has 0 saturated carbocycles. The standard InChI is InChI=1S/C27H29N5O5S/c1-17-13-21(30-14-19(15-30)32(37-3)22(33)10-9-18-7-5-4-6-8-18)28-25-23(17)24(34)20(26(35)36)16-31(25)27-29(2)11-12-38-27/h4-8,11-13,16,19,27H,9-10,14-15H2,1-3H3,(H,35,36). The Morgan fingerprint density at radius 1 is 1.24 bits per heavy atom. The lowest BCUT2D eigenvalue weighted by atomic mass is 10.1. The summed E-state index contributed by atoms with van der Waals surface area (Å²) in [4.78, 5) is 52.0. The van der Waals surface area contributed by atoms with Crippen LogP contribution >= 0.6 is 11.8 Å². The van der Waals surface area contributed by atoms with E-state index in [9.17, 15) is 19.5 Å². The third-order valence-electron chi connectivity index (χ3n) is 6.91. The molecule has 4 heterocycles. The summed E-state index contributed by atoms with van der Waals surface area (Å²) in [5, 5.41) is 13.3. The molecule has 0 aliphatic carbocycles. The first-order chi connectivity index (χ1) is 18.3. The normalized spacial score (nSPS) is 17.2. The molecule has 1 amide bonds. The van der Waals surface area contributed by atoms with Gasteiger partial charge in [0.1, 0.15) is 17.0 Å². The quantitative estimate of drug-likeness (QED) is 0.435. The summed E-state index contributed by atoms with van der Waals surface area (Å²) in [5.41, 5.74) is 1.07. The van der Waals surface area contributed by atoms with Gasteiger partial charge in [-0.3, -0.25) is 14.4 Å². The van der Waals surface area contributed by atoms with Crippen molar-refractivity contribution in [3.05, 3.63) is 81.1 Å². The molecule has 3 aromatic rings. The van der Waals surface area contributed by atoms with Gasteiger partial charge in [0.25, 0.3) is 0 Å². The molecule has 2 aliphatic heterocycles. The molecule has 5 rings (SSSR count). The molecule has 11 heteroatoms. The SMILES string of the molecule is CON(C(=O)CCc1ccccc1)C1CN(c2cc(C)c3c(=O)c(C(=O)O)cn(C4SC=CN4C)c3n2)C1. The van der Waals surface area contributed by atoms with Crippen molar-refractivity contribution < 1.29 is 19.5 Å². The van der Waals surface area contributed by atoms with E-state index in [1.165, 1.54) is 30.1 Å². The number of carboxylic acids is 1. The summed E-state index contributed by atoms with van der Waals surface area (Å²) in [6.45, 7) is 2.85. The molecule has 1 saturated heterocycles. The second-order valence-corrected chi connectivity index (χ2v) is 10.4. The van der Waals surface area contributed by atoms with E-state index in [2.05, 4.69) is 0 Å². The number of hydroxylamine groups is 2. The molecule has 0 spiro atoms. The molecular formula is C27H29N5O5S. The van der Waals surface area contributed by atoms with Crippen LogP contribution in [-0.2, 0) is 16.1 Å². The highest BCUT2D eigenvalue weighted by Gasteiger charge is 2.36. The molecule has 1 fully saturated rings. The van der Waals surface area contributed by atoms with E-state index < -0.39 is 11.4 Å². The highest BCUT2D eigenvalue weighted by Crippen LogP contribution is 2.36. The van der Waals surface area contributed by atoms with Crippen LogP contribution in [0.3, 0.4) is 0 Å². The van der Waals surface area contributed by atoms with Crippen LogP contribution in [0.5, 0.6) is 0 Å². The van der Waals surface area contributed by atoms with Crippen LogP contribution in [0.2, 0.25) is 0 Å². The Morgan fingerprint density at radius 2 is 1.97 bits per heavy atom. The fourth-order valence-corrected chi connectivity index (χ4v) is 5.82. The largest absolute Gasteiger partial charge is 0.477 e. The summed E-state index contributed by atoms with van der Waals surface area (Å²) < 4.78 is 1.74. The fraction of sp³-hybridized carbons (Fsp3) is 0.333. The number of carboxylic acid groups (broad SMARTS) is 1. The second-order valence-electron chi connectivity index (χ2n) is 9.44. The Morgan fingerprint density at radius 3 is 2.61 bits per heavy atom. The molecule has 1 aromatic carbocycles. The molecule has 0 radical (unpaired) electrons. The van der Waals surface area contributed by atoms with Gasteiger partial charge in [-0.25, -0.2) is 14.8 Å². The van der Waals surface area contributed by atoms with Crippen molar-refractivity contribution in [2.45, 2.75) is 31.3 Å². The first-order valence-electron chi connectivity index (χ1n) is 12.3. The van der Waals surface area contributed by atoms with Gasteiger partial charge in [-0.15, -0.1) is 0 Å². The molecular weight excluding hydrogens is 506 g/mol. The van der Waals surface area contributed by atoms with Crippen LogP contribution in [0.4, 0.5) is 5.82 Å². The number of aromatic carboxylic acids is 1. The minimum Gasteiger partial charge on any atom is -0.477 e. The van der Waals surface area contributed by atoms with Crippen molar-refractivity contribution in [1.29, 1.82) is 0 Å². The highest BCUT2D eigenvalue weighted by atomic mass is 32.2. The van der Waals surface area contributed by atoms with E-state index >= 15 is 0 Å². The van der Waals surface area contributed by atoms with Gasteiger partial charge in [0, 0.05) is 39.0 Å². The van der Waals surface area contributed by atoms with Gasteiger partial charge in [-0.2, -0.15) is 0 Å². The Hall–Kier alpha value is -3.83. The second kappa shape index (κ2) is 10.5. The molecule has 2 aliphatic rings. The number of thioether (sulfide) groups is 1. The van der Waals surface area contributed by atoms with Crippen LogP contribution in [0.25, 0.3) is 11.0 Å². The van der Waals surface area contributed by atoms with Crippen LogP contribution in [0, 0.1) is 6.92 Å². The zero-order valence-electron chi connectivity index (χ0n) is 21.4. The van der Waals surface area contributed by atoms with Crippen molar-refractivity contribution in [3.8, 4) is 0 Å². The maximum absolute atomic E-state index is 13.1. The highest BCUT2D eigenvalue weighted by molar-refractivity contribution is 8.02. The minimum atomic E-state index is -1.27. The predicted octanol–water partition coefficient (Wildman–Crippen LogP) is 3.22. The van der Waals surface area contributed by atoms with Gasteiger partial charge in [0.15, 0.2) is 5.50 Å². The molecule has 1 N–H and O–H groups in total. The van der Waals surface area contributed by atoms with Gasteiger partial charge in [-0.05, 0) is 35.9 Å². The number of fused-ring (bicyclic) bond motifs is 1. The fourth-order valence-electron chi connectivity index (χ4n) is 4.87. The number of anilines is 1. The summed E-state index contributed by atoms with van der Waals surface area (Å²) in [6, 6.07) is 11.5. The molecule has 1 atom stereocenters. The van der Waals surface area contributed by atoms with Crippen LogP contribution in [0.15, 0.2) is 59.0 Å². The molecule has 1 unspecified atom stereocenters. The van der Waals surface area contributed by atoms with Crippen molar-refractivity contribution in [2.75, 3.05) is 32.1 Å². The maximum Gasteiger partial charge on any atom is 0.341 e. The number of nitrogens with zero attached hydrogens (tertiary/aromatic N) is 5. The Labute approximate surface area is 224 Å². The molecule has 2 aromatic heterocycles. The maximum atomic E-state index is 13.1. The smallest absolute Gasteiger partial charge is 0.341 e. The molecule has 10 nitrogen and oxygen atoms in total. The summed E-state index contributed by atoms with van der Waals surface area (Å²) >= 11 is 1.50. The van der Waals surface area contributed by atoms with Gasteiger partial charge in [0.05, 0.1) is 18.5 Å². The first kappa shape index (κ1) is 25.8. The third kappa shape index (κ3) is 4.74. The van der Waals surface area contributed by atoms with E-state index in [4.69, 9.17) is 9.82 Å². The number of pyridine rings is 2. The van der Waals surface area contributed by atoms with Crippen molar-refractivity contribution >= 4 is 40.5 Å². The zero-order chi connectivity index (χ0) is 27.0. The lowest BCUT2D eigenvalue weighted by Gasteiger charge is -2.44. The minimum absolute atomic E-state index is 0.0764. The number of carbonyl (C=O) groups excluding carboxylic acids is 1. The lowest BCUT2D eigenvalue weighted by molar-refractivity contribution is -0.190. The predicted molar refractivity (Wildman–Crippen MR) is 146 cm³/mol. The van der Waals surface area contributed by atoms with Crippen molar-refractivity contribution in [1.82, 2.24) is 19.5 Å². The summed E-state index contributed by atoms with van der Waals surface area (Å²) in [7, 11) is 3.39. The van der Waals surface area contributed by atoms with Crippen LogP contribution in [0.1, 0.15) is 33.4 Å². The number of rotatable bonds is 8. The molecule has 38 heavy (non-hydrogen) atoms. The Kier molecular flexibility index (Phi) is 7.13. The number of hydrogen-bond acceptors (Lipinski definition) is 8. The number of aryl methyl sites for hydroxylation is 2. The van der Waals surface area contributed by atoms with Gasteiger partial charge in [-0.1, -0.05) is 42.1 Å². The zero-order valence-corrected chi connectivity index (χ0v) is 22.2. The summed E-state index contributed by atoms with van der Waals surface area (Å²) in [6.07, 6.45) is 4.26. The number of amides is 1. The first-order valence-corrected chi connectivity index (χ1v) is 13.2. The van der Waals surface area contributed by atoms with E-state index in [1.807, 2.05) is 58.8 Å². The van der Waals surface area contributed by atoms with Crippen molar-refractivity contribution in [3.63, 3.8) is 0 Å². The van der Waals surface area contributed by atoms with E-state index in [-0.39, 0.29) is 23.0 Å². The van der Waals surface area contributed by atoms with Gasteiger partial charge >= 0.3 is 5.97 Å². The number of carbonyl (C=O) groups is 2. The number of hydrogen-bond donors (Lipinski definition) is 1. The number of aromatic nitrogens is 2. The average molecular weight is 536 g/mol. The number of benzene rings is 1. The monoisotopic (exact) mass is 535 g/mol. The van der Waals surface area contributed by atoms with E-state index in [1.54, 1.807) is 17.6 Å². The van der Waals surface area contributed by atoms with Gasteiger partial charge in [0.2, 0.25) is 11.3 Å².